The number of carbonyl (C=O) groups excluding carboxylic acids is 3. The molecule has 0 fully saturated rings. The number of amides is 2. The molecule has 1 aliphatic carbocycles. The van der Waals surface area contributed by atoms with Crippen molar-refractivity contribution in [1.29, 1.82) is 0 Å². The maximum absolute atomic E-state index is 13.3. The number of allylic oxidation sites excluding steroid dienone is 2. The molecular formula is C29H20N6O4. The van der Waals surface area contributed by atoms with Gasteiger partial charge in [0.05, 0.1) is 47.6 Å². The summed E-state index contributed by atoms with van der Waals surface area (Å²) in [7, 11) is 1.31. The van der Waals surface area contributed by atoms with Gasteiger partial charge in [-0.2, -0.15) is 0 Å². The lowest BCUT2D eigenvalue weighted by Crippen LogP contribution is -2.20. The highest BCUT2D eigenvalue weighted by molar-refractivity contribution is 6.39. The number of hydrogen-bond acceptors (Lipinski definition) is 6. The van der Waals surface area contributed by atoms with Crippen LogP contribution in [0.3, 0.4) is 0 Å². The number of rotatable bonds is 3. The fraction of sp³-hybridized carbons (Fsp3) is 0.138. The zero-order chi connectivity index (χ0) is 26.4. The predicted octanol–water partition coefficient (Wildman–Crippen LogP) is 4.43. The van der Waals surface area contributed by atoms with E-state index < -0.39 is 5.97 Å². The molecule has 0 bridgehead atoms. The molecule has 2 N–H and O–H groups in total. The van der Waals surface area contributed by atoms with Crippen LogP contribution in [0.1, 0.15) is 49.7 Å². The van der Waals surface area contributed by atoms with Gasteiger partial charge in [0.2, 0.25) is 0 Å². The normalized spacial score (nSPS) is 18.6. The van der Waals surface area contributed by atoms with Gasteiger partial charge in [0.1, 0.15) is 0 Å². The molecule has 10 heteroatoms. The average Bonchev–Trinajstić information content (AvgIpc) is 3.76. The molecule has 0 spiro atoms. The minimum absolute atomic E-state index is 0.0870. The van der Waals surface area contributed by atoms with Gasteiger partial charge in [-0.3, -0.25) is 14.9 Å². The van der Waals surface area contributed by atoms with Gasteiger partial charge in [-0.05, 0) is 18.6 Å². The maximum atomic E-state index is 13.3. The second-order valence-electron chi connectivity index (χ2n) is 9.90. The number of ether oxygens (including phenoxy) is 1. The number of methoxy groups -OCH3 is 1. The van der Waals surface area contributed by atoms with Crippen LogP contribution in [0.25, 0.3) is 43.6 Å². The molecule has 0 saturated carbocycles. The van der Waals surface area contributed by atoms with Crippen LogP contribution >= 0.6 is 0 Å². The quantitative estimate of drug-likeness (QED) is 0.204. The van der Waals surface area contributed by atoms with Crippen molar-refractivity contribution in [3.05, 3.63) is 83.7 Å². The number of nitrogens with one attached hydrogen (secondary N) is 2. The number of nitrogens with zero attached hydrogens (tertiary/aromatic N) is 4. The summed E-state index contributed by atoms with van der Waals surface area (Å²) in [5.41, 5.74) is 4.52. The first kappa shape index (κ1) is 21.8. The Morgan fingerprint density at radius 2 is 1.67 bits per heavy atom. The van der Waals surface area contributed by atoms with E-state index in [2.05, 4.69) is 31.3 Å². The molecule has 1 unspecified atom stereocenters. The molecule has 0 radical (unpaired) electrons. The van der Waals surface area contributed by atoms with E-state index in [0.29, 0.717) is 17.5 Å². The van der Waals surface area contributed by atoms with Crippen molar-refractivity contribution in [1.82, 2.24) is 29.9 Å². The van der Waals surface area contributed by atoms with Crippen molar-refractivity contribution >= 4 is 61.4 Å². The third-order valence-corrected chi connectivity index (χ3v) is 7.90. The molecular weight excluding hydrogens is 496 g/mol. The number of aromatic nitrogens is 5. The van der Waals surface area contributed by atoms with Crippen molar-refractivity contribution in [2.75, 3.05) is 7.11 Å². The lowest BCUT2D eigenvalue weighted by atomic mass is 9.96. The average molecular weight is 517 g/mol. The minimum Gasteiger partial charge on any atom is -0.464 e. The zero-order valence-electron chi connectivity index (χ0n) is 20.6. The molecule has 39 heavy (non-hydrogen) atoms. The molecule has 2 aliphatic rings. The van der Waals surface area contributed by atoms with Gasteiger partial charge in [0.15, 0.2) is 5.69 Å². The second-order valence-corrected chi connectivity index (χ2v) is 9.90. The smallest absolute Gasteiger partial charge is 0.360 e. The summed E-state index contributed by atoms with van der Waals surface area (Å²) in [5.74, 6) is -1.30. The van der Waals surface area contributed by atoms with Crippen LogP contribution in [0.2, 0.25) is 0 Å². The number of benzene rings is 3. The van der Waals surface area contributed by atoms with E-state index in [0.717, 1.165) is 43.6 Å². The first-order valence-electron chi connectivity index (χ1n) is 12.6. The molecule has 190 valence electrons. The van der Waals surface area contributed by atoms with Crippen LogP contribution in [-0.4, -0.2) is 49.4 Å². The van der Waals surface area contributed by atoms with Crippen LogP contribution in [-0.2, 0) is 4.74 Å². The standard InChI is InChI=1S/C29H20N6O4/c1-39-29(38)19-13-34(33-32-19)14-10-11-15(12-14)35-20-9-5-3-7-17(20)22-24-23(27(36)31-28(24)37)21-16-6-2-4-8-18(16)30-25(21)26(22)35/h2-11,13-15,30H,12H2,1H3,(H,31,36,37)/t14-,15?/m1/s1. The summed E-state index contributed by atoms with van der Waals surface area (Å²) in [6, 6.07) is 15.6. The molecule has 0 saturated heterocycles. The third-order valence-electron chi connectivity index (χ3n) is 7.90. The Morgan fingerprint density at radius 1 is 0.949 bits per heavy atom. The van der Waals surface area contributed by atoms with Gasteiger partial charge >= 0.3 is 5.97 Å². The Balaban J connectivity index is 1.41. The monoisotopic (exact) mass is 516 g/mol. The van der Waals surface area contributed by atoms with Crippen LogP contribution < -0.4 is 5.32 Å². The Kier molecular flexibility index (Phi) is 4.27. The molecule has 8 rings (SSSR count). The van der Waals surface area contributed by atoms with Gasteiger partial charge in [-0.15, -0.1) is 5.10 Å². The third kappa shape index (κ3) is 2.82. The molecule has 3 aromatic heterocycles. The summed E-state index contributed by atoms with van der Waals surface area (Å²) < 4.78 is 8.68. The van der Waals surface area contributed by atoms with Gasteiger partial charge in [-0.25, -0.2) is 9.48 Å². The fourth-order valence-electron chi connectivity index (χ4n) is 6.30. The predicted molar refractivity (Wildman–Crippen MR) is 144 cm³/mol. The Hall–Kier alpha value is -5.25. The van der Waals surface area contributed by atoms with Gasteiger partial charge in [0, 0.05) is 32.6 Å². The van der Waals surface area contributed by atoms with Gasteiger partial charge < -0.3 is 14.3 Å². The number of imide groups is 1. The molecule has 4 heterocycles. The van der Waals surface area contributed by atoms with Crippen molar-refractivity contribution < 1.29 is 19.1 Å². The number of aromatic amines is 1. The number of fused-ring (bicyclic) bond motifs is 10. The van der Waals surface area contributed by atoms with Crippen molar-refractivity contribution in [3.63, 3.8) is 0 Å². The topological polar surface area (TPSA) is 124 Å². The second kappa shape index (κ2) is 7.64. The number of H-pyrrole nitrogens is 1. The van der Waals surface area contributed by atoms with Crippen molar-refractivity contribution in [2.24, 2.45) is 0 Å². The summed E-state index contributed by atoms with van der Waals surface area (Å²) in [4.78, 5) is 41.9. The van der Waals surface area contributed by atoms with E-state index in [9.17, 15) is 14.4 Å². The fourth-order valence-corrected chi connectivity index (χ4v) is 6.30. The first-order valence-corrected chi connectivity index (χ1v) is 12.6. The molecule has 2 amide bonds. The Labute approximate surface area is 219 Å². The molecule has 3 aromatic carbocycles. The molecule has 1 aliphatic heterocycles. The van der Waals surface area contributed by atoms with Gasteiger partial charge in [0.25, 0.3) is 11.8 Å². The molecule has 10 nitrogen and oxygen atoms in total. The van der Waals surface area contributed by atoms with Gasteiger partial charge in [-0.1, -0.05) is 53.8 Å². The highest BCUT2D eigenvalue weighted by Crippen LogP contribution is 2.46. The van der Waals surface area contributed by atoms with Crippen LogP contribution in [0, 0.1) is 0 Å². The van der Waals surface area contributed by atoms with E-state index in [-0.39, 0.29) is 29.6 Å². The molecule has 6 aromatic rings. The lowest BCUT2D eigenvalue weighted by molar-refractivity contribution is 0.0593. The molecule has 2 atom stereocenters. The van der Waals surface area contributed by atoms with E-state index in [4.69, 9.17) is 4.74 Å². The first-order chi connectivity index (χ1) is 19.0. The van der Waals surface area contributed by atoms with E-state index >= 15 is 0 Å². The largest absolute Gasteiger partial charge is 0.464 e. The number of esters is 1. The minimum atomic E-state index is -0.537. The highest BCUT2D eigenvalue weighted by Gasteiger charge is 2.37. The summed E-state index contributed by atoms with van der Waals surface area (Å²) in [6.07, 6.45) is 6.41. The number of para-hydroxylation sites is 2. The summed E-state index contributed by atoms with van der Waals surface area (Å²) in [6.45, 7) is 0. The van der Waals surface area contributed by atoms with E-state index in [1.165, 1.54) is 7.11 Å². The van der Waals surface area contributed by atoms with Crippen LogP contribution in [0.15, 0.2) is 66.9 Å². The van der Waals surface area contributed by atoms with E-state index in [1.54, 1.807) is 10.9 Å². The SMILES string of the molecule is COC(=O)c1cn([C@@H]2C=CC(n3c4ccccc4c4c5c(c6c7ccccc7[nH]c6c43)C(=O)NC5=O)C2)nn1. The highest BCUT2D eigenvalue weighted by atomic mass is 16.5. The van der Waals surface area contributed by atoms with Crippen LogP contribution in [0.4, 0.5) is 0 Å². The summed E-state index contributed by atoms with van der Waals surface area (Å²) in [5, 5.41) is 14.0. The van der Waals surface area contributed by atoms with Crippen molar-refractivity contribution in [3.8, 4) is 0 Å². The summed E-state index contributed by atoms with van der Waals surface area (Å²) >= 11 is 0. The Morgan fingerprint density at radius 3 is 2.49 bits per heavy atom. The van der Waals surface area contributed by atoms with E-state index in [1.807, 2.05) is 54.6 Å². The number of carbonyl (C=O) groups is 3. The Bertz CT molecular complexity index is 2100. The maximum Gasteiger partial charge on any atom is 0.360 e. The zero-order valence-corrected chi connectivity index (χ0v) is 20.6. The lowest BCUT2D eigenvalue weighted by Gasteiger charge is -2.17. The number of hydrogen-bond donors (Lipinski definition) is 2. The van der Waals surface area contributed by atoms with Crippen LogP contribution in [0.5, 0.6) is 0 Å². The van der Waals surface area contributed by atoms with Crippen molar-refractivity contribution in [2.45, 2.75) is 18.5 Å².